The molecule has 1 amide bonds. The van der Waals surface area contributed by atoms with Crippen LogP contribution in [-0.4, -0.2) is 28.3 Å². The molecule has 0 bridgehead atoms. The quantitative estimate of drug-likeness (QED) is 0.744. The third kappa shape index (κ3) is 3.52. The minimum Gasteiger partial charge on any atom is -0.465 e. The molecule has 3 N–H and O–H groups in total. The van der Waals surface area contributed by atoms with Crippen molar-refractivity contribution in [1.29, 1.82) is 5.26 Å². The zero-order chi connectivity index (χ0) is 14.5. The topological polar surface area (TPSA) is 98.0 Å². The van der Waals surface area contributed by atoms with Crippen LogP contribution in [-0.2, 0) is 0 Å². The first-order valence-corrected chi connectivity index (χ1v) is 6.80. The van der Waals surface area contributed by atoms with E-state index in [0.717, 1.165) is 25.7 Å². The molecule has 1 fully saturated rings. The van der Waals surface area contributed by atoms with Crippen molar-refractivity contribution in [1.82, 2.24) is 10.3 Å². The number of anilines is 1. The van der Waals surface area contributed by atoms with Gasteiger partial charge in [-0.3, -0.25) is 0 Å². The van der Waals surface area contributed by atoms with Crippen molar-refractivity contribution in [3.8, 4) is 6.07 Å². The van der Waals surface area contributed by atoms with Crippen LogP contribution >= 0.6 is 11.6 Å². The predicted octanol–water partition coefficient (Wildman–Crippen LogP) is 2.60. The van der Waals surface area contributed by atoms with Gasteiger partial charge in [0.05, 0.1) is 11.6 Å². The highest BCUT2D eigenvalue weighted by atomic mass is 35.5. The van der Waals surface area contributed by atoms with E-state index in [4.69, 9.17) is 22.0 Å². The van der Waals surface area contributed by atoms with Crippen molar-refractivity contribution in [3.05, 3.63) is 22.8 Å². The van der Waals surface area contributed by atoms with Gasteiger partial charge in [0.2, 0.25) is 0 Å². The number of hydrogen-bond acceptors (Lipinski definition) is 4. The number of carbonyl (C=O) groups is 1. The number of hydrogen-bond donors (Lipinski definition) is 3. The lowest BCUT2D eigenvalue weighted by atomic mass is 9.90. The van der Waals surface area contributed by atoms with Crippen molar-refractivity contribution in [3.63, 3.8) is 0 Å². The molecule has 20 heavy (non-hydrogen) atoms. The van der Waals surface area contributed by atoms with E-state index in [2.05, 4.69) is 15.6 Å². The van der Waals surface area contributed by atoms with Crippen LogP contribution in [0.25, 0.3) is 0 Å². The molecule has 6 nitrogen and oxygen atoms in total. The van der Waals surface area contributed by atoms with E-state index < -0.39 is 6.09 Å². The monoisotopic (exact) mass is 294 g/mol. The lowest BCUT2D eigenvalue weighted by molar-refractivity contribution is 0.184. The Kier molecular flexibility index (Phi) is 4.64. The number of amides is 1. The zero-order valence-corrected chi connectivity index (χ0v) is 11.5. The second-order valence-electron chi connectivity index (χ2n) is 4.74. The van der Waals surface area contributed by atoms with E-state index >= 15 is 0 Å². The van der Waals surface area contributed by atoms with Crippen LogP contribution in [0.4, 0.5) is 10.6 Å². The molecule has 2 rings (SSSR count). The molecule has 1 saturated carbocycles. The SMILES string of the molecule is N#Cc1ccc(N[C@@H]2CCCC[C@@H]2NC(=O)O)nc1Cl. The summed E-state index contributed by atoms with van der Waals surface area (Å²) in [5.41, 5.74) is 0.320. The number of nitrogens with one attached hydrogen (secondary N) is 2. The molecule has 1 aliphatic carbocycles. The van der Waals surface area contributed by atoms with Gasteiger partial charge in [0, 0.05) is 6.04 Å². The third-order valence-electron chi connectivity index (χ3n) is 3.38. The van der Waals surface area contributed by atoms with E-state index in [0.29, 0.717) is 11.4 Å². The van der Waals surface area contributed by atoms with Gasteiger partial charge in [-0.1, -0.05) is 24.4 Å². The molecule has 1 aliphatic rings. The summed E-state index contributed by atoms with van der Waals surface area (Å²) < 4.78 is 0. The Morgan fingerprint density at radius 2 is 2.10 bits per heavy atom. The first-order valence-electron chi connectivity index (χ1n) is 6.43. The van der Waals surface area contributed by atoms with Gasteiger partial charge in [0.15, 0.2) is 0 Å². The molecule has 0 saturated heterocycles. The molecular weight excluding hydrogens is 280 g/mol. The summed E-state index contributed by atoms with van der Waals surface area (Å²) in [5.74, 6) is 0.554. The summed E-state index contributed by atoms with van der Waals surface area (Å²) in [6.45, 7) is 0. The van der Waals surface area contributed by atoms with E-state index in [9.17, 15) is 4.79 Å². The van der Waals surface area contributed by atoms with E-state index in [1.807, 2.05) is 6.07 Å². The highest BCUT2D eigenvalue weighted by Crippen LogP contribution is 2.23. The number of halogens is 1. The molecule has 0 radical (unpaired) electrons. The number of aromatic nitrogens is 1. The fourth-order valence-electron chi connectivity index (χ4n) is 2.42. The third-order valence-corrected chi connectivity index (χ3v) is 3.67. The van der Waals surface area contributed by atoms with Gasteiger partial charge in [-0.05, 0) is 25.0 Å². The number of carboxylic acid groups (broad SMARTS) is 1. The summed E-state index contributed by atoms with van der Waals surface area (Å²) >= 11 is 5.88. The molecule has 1 aromatic rings. The summed E-state index contributed by atoms with van der Waals surface area (Å²) in [5, 5.41) is 23.5. The van der Waals surface area contributed by atoms with E-state index in [-0.39, 0.29) is 17.2 Å². The van der Waals surface area contributed by atoms with Gasteiger partial charge >= 0.3 is 6.09 Å². The molecule has 0 unspecified atom stereocenters. The largest absolute Gasteiger partial charge is 0.465 e. The molecule has 0 spiro atoms. The minimum atomic E-state index is -1.02. The second-order valence-corrected chi connectivity index (χ2v) is 5.10. The Labute approximate surface area is 121 Å². The Bertz CT molecular complexity index is 544. The van der Waals surface area contributed by atoms with Gasteiger partial charge in [0.25, 0.3) is 0 Å². The molecular formula is C13H15ClN4O2. The summed E-state index contributed by atoms with van der Waals surface area (Å²) in [7, 11) is 0. The van der Waals surface area contributed by atoms with E-state index in [1.54, 1.807) is 12.1 Å². The average molecular weight is 295 g/mol. The zero-order valence-electron chi connectivity index (χ0n) is 10.8. The normalized spacial score (nSPS) is 21.8. The van der Waals surface area contributed by atoms with Gasteiger partial charge in [-0.25, -0.2) is 9.78 Å². The van der Waals surface area contributed by atoms with Crippen LogP contribution in [0.15, 0.2) is 12.1 Å². The fourth-order valence-corrected chi connectivity index (χ4v) is 2.62. The van der Waals surface area contributed by atoms with Crippen LogP contribution in [0, 0.1) is 11.3 Å². The van der Waals surface area contributed by atoms with Crippen LogP contribution in [0.2, 0.25) is 5.15 Å². The predicted molar refractivity (Wildman–Crippen MR) is 74.8 cm³/mol. The van der Waals surface area contributed by atoms with Crippen molar-refractivity contribution >= 4 is 23.5 Å². The molecule has 1 aromatic heterocycles. The maximum atomic E-state index is 10.8. The standard InChI is InChI=1S/C13H15ClN4O2/c14-12-8(7-15)5-6-11(18-12)16-9-3-1-2-4-10(9)17-13(19)20/h5-6,9-10,17H,1-4H2,(H,16,18)(H,19,20)/t9-,10+/m1/s1. The highest BCUT2D eigenvalue weighted by Gasteiger charge is 2.26. The molecule has 0 aliphatic heterocycles. The first kappa shape index (κ1) is 14.4. The van der Waals surface area contributed by atoms with Gasteiger partial charge in [0.1, 0.15) is 17.0 Å². The Balaban J connectivity index is 2.08. The lowest BCUT2D eigenvalue weighted by Gasteiger charge is -2.32. The number of pyridine rings is 1. The molecule has 2 atom stereocenters. The number of rotatable bonds is 3. The van der Waals surface area contributed by atoms with Gasteiger partial charge in [-0.15, -0.1) is 0 Å². The van der Waals surface area contributed by atoms with Gasteiger partial charge in [-0.2, -0.15) is 5.26 Å². The summed E-state index contributed by atoms with van der Waals surface area (Å²) in [6.07, 6.45) is 2.69. The van der Waals surface area contributed by atoms with Crippen molar-refractivity contribution in [2.75, 3.05) is 5.32 Å². The Hall–Kier alpha value is -2.00. The highest BCUT2D eigenvalue weighted by molar-refractivity contribution is 6.30. The average Bonchev–Trinajstić information content (AvgIpc) is 2.41. The van der Waals surface area contributed by atoms with Gasteiger partial charge < -0.3 is 15.7 Å². The molecule has 106 valence electrons. The Morgan fingerprint density at radius 1 is 1.40 bits per heavy atom. The van der Waals surface area contributed by atoms with Crippen LogP contribution in [0.3, 0.4) is 0 Å². The maximum absolute atomic E-state index is 10.8. The fraction of sp³-hybridized carbons (Fsp3) is 0.462. The molecule has 7 heteroatoms. The first-order chi connectivity index (χ1) is 9.60. The van der Waals surface area contributed by atoms with Crippen LogP contribution < -0.4 is 10.6 Å². The number of nitrogens with zero attached hydrogens (tertiary/aromatic N) is 2. The Morgan fingerprint density at radius 3 is 2.70 bits per heavy atom. The summed E-state index contributed by atoms with van der Waals surface area (Å²) in [4.78, 5) is 14.9. The van der Waals surface area contributed by atoms with E-state index in [1.165, 1.54) is 0 Å². The molecule has 0 aromatic carbocycles. The van der Waals surface area contributed by atoms with Crippen molar-refractivity contribution in [2.24, 2.45) is 0 Å². The van der Waals surface area contributed by atoms with Crippen molar-refractivity contribution < 1.29 is 9.90 Å². The second kappa shape index (κ2) is 6.44. The summed E-state index contributed by atoms with van der Waals surface area (Å²) in [6, 6.07) is 5.06. The maximum Gasteiger partial charge on any atom is 0.404 e. The minimum absolute atomic E-state index is 0.0173. The smallest absolute Gasteiger partial charge is 0.404 e. The van der Waals surface area contributed by atoms with Crippen LogP contribution in [0.1, 0.15) is 31.2 Å². The lowest BCUT2D eigenvalue weighted by Crippen LogP contribution is -2.48. The number of nitriles is 1. The molecule has 1 heterocycles. The van der Waals surface area contributed by atoms with Crippen molar-refractivity contribution in [2.45, 2.75) is 37.8 Å². The van der Waals surface area contributed by atoms with Crippen LogP contribution in [0.5, 0.6) is 0 Å².